The molecule has 2 aromatic carbocycles. The van der Waals surface area contributed by atoms with Crippen molar-refractivity contribution in [2.45, 2.75) is 19.5 Å². The fourth-order valence-corrected chi connectivity index (χ4v) is 3.39. The molecule has 0 amide bonds. The third kappa shape index (κ3) is 5.32. The molecule has 2 aromatic rings. The van der Waals surface area contributed by atoms with Crippen LogP contribution in [-0.4, -0.2) is 45.8 Å². The molecule has 8 nitrogen and oxygen atoms in total. The summed E-state index contributed by atoms with van der Waals surface area (Å²) in [6, 6.07) is 13.5. The third-order valence-corrected chi connectivity index (χ3v) is 4.74. The molecule has 0 N–H and O–H groups in total. The minimum Gasteiger partial charge on any atom is -0.298 e. The van der Waals surface area contributed by atoms with E-state index in [4.69, 9.17) is 0 Å². The summed E-state index contributed by atoms with van der Waals surface area (Å²) in [5.41, 5.74) is 2.12. The Morgan fingerprint density at radius 2 is 1.19 bits per heavy atom. The molecule has 0 aromatic heterocycles. The lowest BCUT2D eigenvalue weighted by molar-refractivity contribution is -0.385. The Labute approximate surface area is 157 Å². The zero-order valence-electron chi connectivity index (χ0n) is 15.0. The normalized spacial score (nSPS) is 16.0. The maximum atomic E-state index is 10.9. The number of nitro groups is 2. The summed E-state index contributed by atoms with van der Waals surface area (Å²) in [5.74, 6) is 0. The largest absolute Gasteiger partial charge is 0.298 e. The molecule has 0 unspecified atom stereocenters. The molecule has 142 valence electrons. The van der Waals surface area contributed by atoms with Gasteiger partial charge in [-0.05, 0) is 30.6 Å². The van der Waals surface area contributed by atoms with Gasteiger partial charge in [0.25, 0.3) is 11.4 Å². The monoisotopic (exact) mass is 370 g/mol. The predicted octanol–water partition coefficient (Wildman–Crippen LogP) is 3.21. The summed E-state index contributed by atoms with van der Waals surface area (Å²) in [4.78, 5) is 25.7. The zero-order chi connectivity index (χ0) is 19.2. The number of benzene rings is 2. The SMILES string of the molecule is O=[N+]([O-])c1cccc(CN2CCCN(Cc3cccc([N+](=O)[O-])c3)CC2)c1. The lowest BCUT2D eigenvalue weighted by Crippen LogP contribution is -2.30. The van der Waals surface area contributed by atoms with Crippen LogP contribution < -0.4 is 0 Å². The summed E-state index contributed by atoms with van der Waals surface area (Å²) < 4.78 is 0. The number of nitro benzene ring substituents is 2. The van der Waals surface area contributed by atoms with E-state index < -0.39 is 0 Å². The highest BCUT2D eigenvalue weighted by Crippen LogP contribution is 2.18. The molecule has 1 aliphatic heterocycles. The summed E-state index contributed by atoms with van der Waals surface area (Å²) in [6.45, 7) is 4.94. The minimum absolute atomic E-state index is 0.120. The van der Waals surface area contributed by atoms with Crippen molar-refractivity contribution in [1.82, 2.24) is 9.80 Å². The summed E-state index contributed by atoms with van der Waals surface area (Å²) >= 11 is 0. The van der Waals surface area contributed by atoms with Crippen LogP contribution in [0.15, 0.2) is 48.5 Å². The first-order chi connectivity index (χ1) is 13.0. The van der Waals surface area contributed by atoms with Gasteiger partial charge in [-0.25, -0.2) is 0 Å². The van der Waals surface area contributed by atoms with Gasteiger partial charge in [0, 0.05) is 50.4 Å². The Balaban J connectivity index is 1.57. The van der Waals surface area contributed by atoms with Crippen molar-refractivity contribution in [3.05, 3.63) is 79.9 Å². The molecule has 0 aliphatic carbocycles. The van der Waals surface area contributed by atoms with Crippen LogP contribution in [0.3, 0.4) is 0 Å². The van der Waals surface area contributed by atoms with E-state index in [0.29, 0.717) is 13.1 Å². The van der Waals surface area contributed by atoms with Gasteiger partial charge in [-0.1, -0.05) is 24.3 Å². The lowest BCUT2D eigenvalue weighted by atomic mass is 10.2. The van der Waals surface area contributed by atoms with Crippen molar-refractivity contribution < 1.29 is 9.85 Å². The fourth-order valence-electron chi connectivity index (χ4n) is 3.39. The first-order valence-corrected chi connectivity index (χ1v) is 8.92. The van der Waals surface area contributed by atoms with E-state index in [1.807, 2.05) is 12.1 Å². The van der Waals surface area contributed by atoms with E-state index in [1.165, 1.54) is 12.1 Å². The van der Waals surface area contributed by atoms with Gasteiger partial charge in [0.05, 0.1) is 9.85 Å². The third-order valence-electron chi connectivity index (χ3n) is 4.74. The molecule has 1 aliphatic rings. The second kappa shape index (κ2) is 8.70. The van der Waals surface area contributed by atoms with E-state index >= 15 is 0 Å². The van der Waals surface area contributed by atoms with Gasteiger partial charge in [0.2, 0.25) is 0 Å². The highest BCUT2D eigenvalue weighted by molar-refractivity contribution is 5.35. The molecular weight excluding hydrogens is 348 g/mol. The van der Waals surface area contributed by atoms with Gasteiger partial charge in [-0.2, -0.15) is 0 Å². The molecule has 0 atom stereocenters. The Kier molecular flexibility index (Phi) is 6.10. The standard InChI is InChI=1S/C19H22N4O4/c24-22(25)18-6-1-4-16(12-18)14-20-8-3-9-21(11-10-20)15-17-5-2-7-19(13-17)23(26)27/h1-2,4-7,12-13H,3,8-11,14-15H2. The molecule has 1 heterocycles. The highest BCUT2D eigenvalue weighted by atomic mass is 16.6. The van der Waals surface area contributed by atoms with Crippen molar-refractivity contribution in [2.75, 3.05) is 26.2 Å². The quantitative estimate of drug-likeness (QED) is 0.573. The van der Waals surface area contributed by atoms with Gasteiger partial charge in [-0.3, -0.25) is 30.0 Å². The number of hydrogen-bond acceptors (Lipinski definition) is 6. The van der Waals surface area contributed by atoms with Crippen LogP contribution in [0.4, 0.5) is 11.4 Å². The van der Waals surface area contributed by atoms with Crippen LogP contribution in [-0.2, 0) is 13.1 Å². The van der Waals surface area contributed by atoms with E-state index in [2.05, 4.69) is 9.80 Å². The average Bonchev–Trinajstić information content (AvgIpc) is 2.87. The maximum Gasteiger partial charge on any atom is 0.269 e. The van der Waals surface area contributed by atoms with Crippen LogP contribution in [0.1, 0.15) is 17.5 Å². The smallest absolute Gasteiger partial charge is 0.269 e. The van der Waals surface area contributed by atoms with E-state index in [1.54, 1.807) is 24.3 Å². The van der Waals surface area contributed by atoms with Gasteiger partial charge in [0.15, 0.2) is 0 Å². The van der Waals surface area contributed by atoms with Crippen LogP contribution in [0, 0.1) is 20.2 Å². The summed E-state index contributed by atoms with van der Waals surface area (Å²) in [6.07, 6.45) is 0.990. The van der Waals surface area contributed by atoms with E-state index in [-0.39, 0.29) is 21.2 Å². The first kappa shape index (κ1) is 18.9. The molecule has 8 heteroatoms. The van der Waals surface area contributed by atoms with E-state index in [0.717, 1.165) is 43.7 Å². The maximum absolute atomic E-state index is 10.9. The zero-order valence-corrected chi connectivity index (χ0v) is 15.0. The fraction of sp³-hybridized carbons (Fsp3) is 0.368. The Morgan fingerprint density at radius 1 is 0.741 bits per heavy atom. The van der Waals surface area contributed by atoms with Crippen molar-refractivity contribution in [2.24, 2.45) is 0 Å². The van der Waals surface area contributed by atoms with E-state index in [9.17, 15) is 20.2 Å². The second-order valence-electron chi connectivity index (χ2n) is 6.76. The van der Waals surface area contributed by atoms with Gasteiger partial charge < -0.3 is 0 Å². The molecular formula is C19H22N4O4. The van der Waals surface area contributed by atoms with Crippen LogP contribution in [0.5, 0.6) is 0 Å². The van der Waals surface area contributed by atoms with Gasteiger partial charge in [-0.15, -0.1) is 0 Å². The molecule has 0 saturated carbocycles. The Morgan fingerprint density at radius 3 is 1.59 bits per heavy atom. The Hall–Kier alpha value is -2.84. The number of hydrogen-bond donors (Lipinski definition) is 0. The first-order valence-electron chi connectivity index (χ1n) is 8.92. The molecule has 0 radical (unpaired) electrons. The summed E-state index contributed by atoms with van der Waals surface area (Å²) in [5, 5.41) is 21.9. The second-order valence-corrected chi connectivity index (χ2v) is 6.76. The van der Waals surface area contributed by atoms with Crippen LogP contribution in [0.2, 0.25) is 0 Å². The number of rotatable bonds is 6. The lowest BCUT2D eigenvalue weighted by Gasteiger charge is -2.22. The molecule has 1 fully saturated rings. The van der Waals surface area contributed by atoms with Crippen molar-refractivity contribution in [3.8, 4) is 0 Å². The molecule has 0 spiro atoms. The topological polar surface area (TPSA) is 92.8 Å². The van der Waals surface area contributed by atoms with Gasteiger partial charge in [0.1, 0.15) is 0 Å². The minimum atomic E-state index is -0.368. The summed E-state index contributed by atoms with van der Waals surface area (Å²) in [7, 11) is 0. The van der Waals surface area contributed by atoms with Gasteiger partial charge >= 0.3 is 0 Å². The van der Waals surface area contributed by atoms with Crippen molar-refractivity contribution in [3.63, 3.8) is 0 Å². The predicted molar refractivity (Wildman–Crippen MR) is 101 cm³/mol. The van der Waals surface area contributed by atoms with Crippen molar-refractivity contribution in [1.29, 1.82) is 0 Å². The van der Waals surface area contributed by atoms with Crippen LogP contribution >= 0.6 is 0 Å². The highest BCUT2D eigenvalue weighted by Gasteiger charge is 2.17. The average molecular weight is 370 g/mol. The van der Waals surface area contributed by atoms with Crippen LogP contribution in [0.25, 0.3) is 0 Å². The number of nitrogens with zero attached hydrogens (tertiary/aromatic N) is 4. The molecule has 3 rings (SSSR count). The Bertz CT molecular complexity index is 759. The molecule has 0 bridgehead atoms. The number of non-ortho nitro benzene ring substituents is 2. The van der Waals surface area contributed by atoms with Crippen molar-refractivity contribution >= 4 is 11.4 Å². The molecule has 27 heavy (non-hydrogen) atoms. The molecule has 1 saturated heterocycles.